The number of hydrogen-bond acceptors (Lipinski definition) is 8. The van der Waals surface area contributed by atoms with E-state index in [0.29, 0.717) is 19.6 Å². The van der Waals surface area contributed by atoms with Crippen LogP contribution in [0.2, 0.25) is 0 Å². The van der Waals surface area contributed by atoms with Gasteiger partial charge in [-0.05, 0) is 66.8 Å². The number of piperazine rings is 1. The highest BCUT2D eigenvalue weighted by Crippen LogP contribution is 2.28. The van der Waals surface area contributed by atoms with Crippen LogP contribution in [0.3, 0.4) is 0 Å². The summed E-state index contributed by atoms with van der Waals surface area (Å²) in [6.45, 7) is 7.21. The summed E-state index contributed by atoms with van der Waals surface area (Å²) in [6.07, 6.45) is 3.16. The third-order valence-electron chi connectivity index (χ3n) is 8.98. The number of carboxylic acids is 1. The van der Waals surface area contributed by atoms with Crippen molar-refractivity contribution in [2.75, 3.05) is 49.1 Å². The minimum absolute atomic E-state index is 0.143. The van der Waals surface area contributed by atoms with E-state index < -0.39 is 5.97 Å². The van der Waals surface area contributed by atoms with Crippen LogP contribution >= 0.6 is 0 Å². The Morgan fingerprint density at radius 2 is 1.79 bits per heavy atom. The van der Waals surface area contributed by atoms with Crippen molar-refractivity contribution in [3.05, 3.63) is 82.7 Å². The van der Waals surface area contributed by atoms with E-state index in [9.17, 15) is 15.2 Å². The minimum Gasteiger partial charge on any atom is -0.478 e. The van der Waals surface area contributed by atoms with Crippen LogP contribution in [0.5, 0.6) is 0 Å². The fraction of sp³-hybridized carbons (Fsp3) is 0.394. The molecule has 220 valence electrons. The van der Waals surface area contributed by atoms with Crippen LogP contribution < -0.4 is 9.80 Å². The smallest absolute Gasteiger partial charge is 0.335 e. The summed E-state index contributed by atoms with van der Waals surface area (Å²) in [4.78, 5) is 28.7. The second-order valence-corrected chi connectivity index (χ2v) is 11.6. The molecule has 2 fully saturated rings. The first-order valence-electron chi connectivity index (χ1n) is 15.1. The zero-order valence-electron chi connectivity index (χ0n) is 24.2. The van der Waals surface area contributed by atoms with Gasteiger partial charge in [-0.2, -0.15) is 5.26 Å². The minimum atomic E-state index is -0.933. The first-order chi connectivity index (χ1) is 21.1. The number of aromatic carboxylic acids is 1. The number of aromatic nitrogens is 3. The van der Waals surface area contributed by atoms with Crippen molar-refractivity contribution in [1.29, 1.82) is 5.26 Å². The maximum Gasteiger partial charge on any atom is 0.335 e. The van der Waals surface area contributed by atoms with Crippen LogP contribution in [-0.4, -0.2) is 75.9 Å². The molecular weight excluding hydrogens is 542 g/mol. The number of benzene rings is 2. The number of pyridine rings is 1. The van der Waals surface area contributed by atoms with Gasteiger partial charge in [-0.1, -0.05) is 18.2 Å². The Morgan fingerprint density at radius 1 is 1.00 bits per heavy atom. The third-order valence-corrected chi connectivity index (χ3v) is 8.98. The van der Waals surface area contributed by atoms with Crippen molar-refractivity contribution in [3.63, 3.8) is 0 Å². The average molecular weight is 578 g/mol. The molecule has 0 saturated carbocycles. The Morgan fingerprint density at radius 3 is 2.53 bits per heavy atom. The maximum absolute atomic E-state index is 11.6. The van der Waals surface area contributed by atoms with Crippen LogP contribution in [0.25, 0.3) is 11.0 Å². The zero-order valence-corrected chi connectivity index (χ0v) is 24.2. The molecule has 10 nitrogen and oxygen atoms in total. The molecule has 0 aliphatic carbocycles. The van der Waals surface area contributed by atoms with Gasteiger partial charge in [0.15, 0.2) is 0 Å². The second-order valence-electron chi connectivity index (χ2n) is 11.6. The molecule has 0 bridgehead atoms. The maximum atomic E-state index is 11.6. The van der Waals surface area contributed by atoms with E-state index in [0.717, 1.165) is 98.2 Å². The van der Waals surface area contributed by atoms with Crippen LogP contribution in [0.4, 0.5) is 11.6 Å². The molecule has 7 rings (SSSR count). The predicted octanol–water partition coefficient (Wildman–Crippen LogP) is 4.07. The largest absolute Gasteiger partial charge is 0.478 e. The van der Waals surface area contributed by atoms with E-state index in [-0.39, 0.29) is 11.7 Å². The van der Waals surface area contributed by atoms with E-state index >= 15 is 0 Å². The van der Waals surface area contributed by atoms with Gasteiger partial charge in [-0.15, -0.1) is 0 Å². The molecule has 0 amide bonds. The number of aryl methyl sites for hydroxylation is 1. The topological polar surface area (TPSA) is 111 Å². The number of rotatable bonds is 7. The van der Waals surface area contributed by atoms with Crippen molar-refractivity contribution in [3.8, 4) is 6.07 Å². The highest BCUT2D eigenvalue weighted by molar-refractivity contribution is 5.92. The SMILES string of the molecule is N#Cc1cccc2c1CN(c1cccc(N3CCN(Cc4nc5ccc(C(=O)O)cc5n4CC4CCO4)CC3)n1)CCC2. The lowest BCUT2D eigenvalue weighted by atomic mass is 9.99. The second kappa shape index (κ2) is 11.7. The van der Waals surface area contributed by atoms with Gasteiger partial charge in [-0.25, -0.2) is 14.8 Å². The van der Waals surface area contributed by atoms with E-state index in [1.807, 2.05) is 12.1 Å². The lowest BCUT2D eigenvalue weighted by Gasteiger charge is -2.36. The monoisotopic (exact) mass is 577 g/mol. The highest BCUT2D eigenvalue weighted by atomic mass is 16.5. The van der Waals surface area contributed by atoms with Crippen LogP contribution in [0, 0.1) is 11.3 Å². The Hall–Kier alpha value is -4.46. The number of carboxylic acid groups (broad SMARTS) is 1. The number of carbonyl (C=O) groups is 1. The molecule has 1 N–H and O–H groups in total. The summed E-state index contributed by atoms with van der Waals surface area (Å²) in [5, 5.41) is 19.2. The van der Waals surface area contributed by atoms with Gasteiger partial charge in [-0.3, -0.25) is 4.90 Å². The van der Waals surface area contributed by atoms with E-state index in [4.69, 9.17) is 14.7 Å². The Balaban J connectivity index is 1.05. The third kappa shape index (κ3) is 5.54. The average Bonchev–Trinajstić information content (AvgIpc) is 3.18. The van der Waals surface area contributed by atoms with Crippen molar-refractivity contribution in [2.45, 2.75) is 45.0 Å². The normalized spacial score (nSPS) is 19.0. The number of nitriles is 1. The Labute approximate surface area is 250 Å². The molecule has 1 unspecified atom stereocenters. The van der Waals surface area contributed by atoms with E-state index in [2.05, 4.69) is 49.6 Å². The number of ether oxygens (including phenoxy) is 1. The zero-order chi connectivity index (χ0) is 29.3. The molecular formula is C33H35N7O3. The summed E-state index contributed by atoms with van der Waals surface area (Å²) in [5.41, 5.74) is 5.09. The van der Waals surface area contributed by atoms with Gasteiger partial charge in [0.05, 0.1) is 47.4 Å². The van der Waals surface area contributed by atoms with Crippen molar-refractivity contribution in [1.82, 2.24) is 19.4 Å². The summed E-state index contributed by atoms with van der Waals surface area (Å²) < 4.78 is 7.87. The summed E-state index contributed by atoms with van der Waals surface area (Å²) in [7, 11) is 0. The molecule has 10 heteroatoms. The molecule has 2 aromatic carbocycles. The van der Waals surface area contributed by atoms with Crippen LogP contribution in [0.15, 0.2) is 54.6 Å². The van der Waals surface area contributed by atoms with Gasteiger partial charge in [0.2, 0.25) is 0 Å². The van der Waals surface area contributed by atoms with E-state index in [1.165, 1.54) is 5.56 Å². The summed E-state index contributed by atoms with van der Waals surface area (Å²) in [6, 6.07) is 19.8. The quantitative estimate of drug-likeness (QED) is 0.348. The predicted molar refractivity (Wildman–Crippen MR) is 163 cm³/mol. The van der Waals surface area contributed by atoms with Crippen molar-refractivity contribution >= 4 is 28.6 Å². The van der Waals surface area contributed by atoms with Crippen molar-refractivity contribution in [2.24, 2.45) is 0 Å². The van der Waals surface area contributed by atoms with Crippen LogP contribution in [0.1, 0.15) is 45.7 Å². The fourth-order valence-corrected chi connectivity index (χ4v) is 6.45. The van der Waals surface area contributed by atoms with Gasteiger partial charge in [0.25, 0.3) is 0 Å². The lowest BCUT2D eigenvalue weighted by molar-refractivity contribution is -0.0592. The lowest BCUT2D eigenvalue weighted by Crippen LogP contribution is -2.46. The van der Waals surface area contributed by atoms with Gasteiger partial charge >= 0.3 is 5.97 Å². The molecule has 3 aliphatic rings. The summed E-state index contributed by atoms with van der Waals surface area (Å²) in [5.74, 6) is 1.94. The van der Waals surface area contributed by atoms with Gasteiger partial charge in [0.1, 0.15) is 17.5 Å². The number of fused-ring (bicyclic) bond motifs is 2. The van der Waals surface area contributed by atoms with E-state index in [1.54, 1.807) is 18.2 Å². The number of imidazole rings is 1. The number of anilines is 2. The number of hydrogen-bond donors (Lipinski definition) is 1. The molecule has 2 saturated heterocycles. The van der Waals surface area contributed by atoms with Gasteiger partial charge < -0.3 is 24.2 Å². The molecule has 3 aliphatic heterocycles. The molecule has 1 atom stereocenters. The fourth-order valence-electron chi connectivity index (χ4n) is 6.45. The summed E-state index contributed by atoms with van der Waals surface area (Å²) >= 11 is 0. The molecule has 0 radical (unpaired) electrons. The highest BCUT2D eigenvalue weighted by Gasteiger charge is 2.26. The van der Waals surface area contributed by atoms with Crippen molar-refractivity contribution < 1.29 is 14.6 Å². The Kier molecular flexibility index (Phi) is 7.43. The molecule has 0 spiro atoms. The first-order valence-corrected chi connectivity index (χ1v) is 15.1. The van der Waals surface area contributed by atoms with Gasteiger partial charge in [0, 0.05) is 45.9 Å². The van der Waals surface area contributed by atoms with Crippen LogP contribution in [-0.2, 0) is 30.8 Å². The molecule has 5 heterocycles. The number of nitrogens with zero attached hydrogens (tertiary/aromatic N) is 7. The molecule has 4 aromatic rings. The molecule has 2 aromatic heterocycles. The Bertz CT molecular complexity index is 1700. The standard InChI is InChI=1S/C33H35N7O3/c34-19-25-5-1-4-23-6-3-12-39(21-27(23)25)31-8-2-7-30(36-31)38-15-13-37(14-16-38)22-32-35-28-10-9-24(33(41)42)18-29(28)40(32)20-26-11-17-43-26/h1-2,4-5,7-10,18,26H,3,6,11-17,20-22H2,(H,41,42). The first kappa shape index (κ1) is 27.4. The molecule has 43 heavy (non-hydrogen) atoms.